The number of ether oxygens (including phenoxy) is 3. The van der Waals surface area contributed by atoms with Gasteiger partial charge in [0.25, 0.3) is 12.3 Å². The van der Waals surface area contributed by atoms with Gasteiger partial charge in [0.2, 0.25) is 0 Å². The molecule has 0 spiro atoms. The topological polar surface area (TPSA) is 68.5 Å². The Labute approximate surface area is 202 Å². The number of carbonyl (C=O) groups excluding carboxylic acids is 1. The Morgan fingerprint density at radius 1 is 1.17 bits per heavy atom. The van der Waals surface area contributed by atoms with E-state index < -0.39 is 18.9 Å². The smallest absolute Gasteiger partial charge is 0.258 e. The van der Waals surface area contributed by atoms with Crippen LogP contribution < -0.4 is 9.47 Å². The Morgan fingerprint density at radius 2 is 2.00 bits per heavy atom. The molecule has 5 rings (SSSR count). The summed E-state index contributed by atoms with van der Waals surface area (Å²) in [6, 6.07) is 7.48. The lowest BCUT2D eigenvalue weighted by Gasteiger charge is -2.29. The predicted molar refractivity (Wildman–Crippen MR) is 126 cm³/mol. The molecule has 35 heavy (non-hydrogen) atoms. The fraction of sp³-hybridized carbons (Fsp3) is 0.440. The van der Waals surface area contributed by atoms with E-state index in [-0.39, 0.29) is 6.54 Å². The number of hydrogen-bond donors (Lipinski definition) is 0. The summed E-state index contributed by atoms with van der Waals surface area (Å²) in [6.45, 7) is 4.47. The molecule has 0 atom stereocenters. The Hall–Kier alpha value is -3.24. The zero-order valence-corrected chi connectivity index (χ0v) is 19.6. The van der Waals surface area contributed by atoms with Crippen LogP contribution >= 0.6 is 0 Å². The van der Waals surface area contributed by atoms with Gasteiger partial charge < -0.3 is 19.1 Å². The van der Waals surface area contributed by atoms with Crippen molar-refractivity contribution in [3.05, 3.63) is 47.8 Å². The molecule has 0 aliphatic carbocycles. The molecule has 2 aliphatic rings. The first-order chi connectivity index (χ1) is 17.0. The van der Waals surface area contributed by atoms with E-state index >= 15 is 0 Å². The number of nitrogens with zero attached hydrogens (tertiary/aromatic N) is 4. The monoisotopic (exact) mass is 486 g/mol. The highest BCUT2D eigenvalue weighted by molar-refractivity contribution is 6.00. The number of imidazole rings is 1. The molecule has 2 aromatic heterocycles. The van der Waals surface area contributed by atoms with Crippen LogP contribution in [0.3, 0.4) is 0 Å². The molecular formula is C25H28F2N4O4. The number of alkyl halides is 2. The number of morpholine rings is 1. The largest absolute Gasteiger partial charge is 0.496 e. The van der Waals surface area contributed by atoms with Crippen molar-refractivity contribution in [3.63, 3.8) is 0 Å². The number of benzene rings is 1. The minimum Gasteiger partial charge on any atom is -0.496 e. The van der Waals surface area contributed by atoms with Crippen molar-refractivity contribution in [2.45, 2.75) is 12.8 Å². The lowest BCUT2D eigenvalue weighted by molar-refractivity contribution is 0.0322. The minimum atomic E-state index is -2.57. The van der Waals surface area contributed by atoms with E-state index in [0.717, 1.165) is 61.1 Å². The fourth-order valence-corrected chi connectivity index (χ4v) is 4.66. The normalized spacial score (nSPS) is 16.7. The average molecular weight is 487 g/mol. The Kier molecular flexibility index (Phi) is 6.83. The van der Waals surface area contributed by atoms with Gasteiger partial charge in [-0.2, -0.15) is 0 Å². The van der Waals surface area contributed by atoms with Crippen LogP contribution in [-0.2, 0) is 11.2 Å². The van der Waals surface area contributed by atoms with Crippen LogP contribution in [0, 0.1) is 0 Å². The second kappa shape index (κ2) is 10.2. The van der Waals surface area contributed by atoms with Gasteiger partial charge in [-0.05, 0) is 30.2 Å². The molecule has 10 heteroatoms. The molecule has 4 heterocycles. The zero-order chi connectivity index (χ0) is 24.4. The van der Waals surface area contributed by atoms with Crippen molar-refractivity contribution < 1.29 is 27.8 Å². The van der Waals surface area contributed by atoms with Gasteiger partial charge in [-0.25, -0.2) is 13.8 Å². The van der Waals surface area contributed by atoms with Crippen molar-refractivity contribution in [2.24, 2.45) is 0 Å². The zero-order valence-electron chi connectivity index (χ0n) is 19.6. The molecule has 1 aromatic carbocycles. The second-order valence-electron chi connectivity index (χ2n) is 8.64. The molecule has 0 N–H and O–H groups in total. The first-order valence-corrected chi connectivity index (χ1v) is 11.7. The van der Waals surface area contributed by atoms with Crippen LogP contribution in [-0.4, -0.2) is 91.2 Å². The third-order valence-corrected chi connectivity index (χ3v) is 6.47. The molecule has 186 valence electrons. The van der Waals surface area contributed by atoms with Gasteiger partial charge in [0.1, 0.15) is 23.8 Å². The Morgan fingerprint density at radius 3 is 2.77 bits per heavy atom. The number of carbonyl (C=O) groups is 1. The molecule has 1 amide bonds. The van der Waals surface area contributed by atoms with Gasteiger partial charge in [0, 0.05) is 44.0 Å². The van der Waals surface area contributed by atoms with Gasteiger partial charge in [0.05, 0.1) is 44.3 Å². The molecule has 3 aromatic rings. The highest BCUT2D eigenvalue weighted by atomic mass is 19.3. The fourth-order valence-electron chi connectivity index (χ4n) is 4.66. The molecule has 8 nitrogen and oxygen atoms in total. The van der Waals surface area contributed by atoms with Crippen LogP contribution in [0.25, 0.3) is 16.9 Å². The number of methoxy groups -OCH3 is 1. The van der Waals surface area contributed by atoms with Gasteiger partial charge in [-0.3, -0.25) is 14.1 Å². The Bertz CT molecular complexity index is 1190. The van der Waals surface area contributed by atoms with Crippen LogP contribution in [0.15, 0.2) is 36.7 Å². The summed E-state index contributed by atoms with van der Waals surface area (Å²) in [5.74, 6) is 0.696. The molecule has 1 saturated heterocycles. The number of rotatable bonds is 8. The van der Waals surface area contributed by atoms with E-state index in [1.54, 1.807) is 12.3 Å². The number of aromatic nitrogens is 2. The summed E-state index contributed by atoms with van der Waals surface area (Å²) in [4.78, 5) is 20.9. The average Bonchev–Trinajstić information content (AvgIpc) is 3.29. The van der Waals surface area contributed by atoms with Crippen LogP contribution in [0.4, 0.5) is 8.78 Å². The van der Waals surface area contributed by atoms with Crippen molar-refractivity contribution >= 4 is 11.6 Å². The first kappa shape index (κ1) is 23.5. The lowest BCUT2D eigenvalue weighted by atomic mass is 9.94. The van der Waals surface area contributed by atoms with Crippen molar-refractivity contribution in [1.29, 1.82) is 0 Å². The molecule has 0 saturated carbocycles. The minimum absolute atomic E-state index is 0.251. The maximum absolute atomic E-state index is 12.9. The molecule has 1 fully saturated rings. The summed E-state index contributed by atoms with van der Waals surface area (Å²) >= 11 is 0. The maximum Gasteiger partial charge on any atom is 0.258 e. The number of pyridine rings is 1. The number of hydrogen-bond acceptors (Lipinski definition) is 6. The first-order valence-electron chi connectivity index (χ1n) is 11.7. The number of amides is 1. The molecule has 2 aliphatic heterocycles. The summed E-state index contributed by atoms with van der Waals surface area (Å²) < 4.78 is 44.5. The van der Waals surface area contributed by atoms with E-state index in [2.05, 4.69) is 9.88 Å². The summed E-state index contributed by atoms with van der Waals surface area (Å²) in [6.07, 6.45) is 1.58. The van der Waals surface area contributed by atoms with Crippen molar-refractivity contribution in [2.75, 3.05) is 59.7 Å². The maximum atomic E-state index is 12.9. The van der Waals surface area contributed by atoms with E-state index in [4.69, 9.17) is 14.2 Å². The third kappa shape index (κ3) is 4.94. The molecule has 0 unspecified atom stereocenters. The number of fused-ring (bicyclic) bond motifs is 2. The van der Waals surface area contributed by atoms with Crippen LogP contribution in [0.2, 0.25) is 0 Å². The van der Waals surface area contributed by atoms with Crippen molar-refractivity contribution in [3.8, 4) is 22.8 Å². The van der Waals surface area contributed by atoms with Gasteiger partial charge >= 0.3 is 0 Å². The van der Waals surface area contributed by atoms with Crippen LogP contribution in [0.1, 0.15) is 15.9 Å². The molecular weight excluding hydrogens is 458 g/mol. The Balaban J connectivity index is 1.36. The summed E-state index contributed by atoms with van der Waals surface area (Å²) in [5.41, 5.74) is 3.55. The summed E-state index contributed by atoms with van der Waals surface area (Å²) in [7, 11) is 1.48. The number of halogens is 2. The van der Waals surface area contributed by atoms with E-state index in [0.29, 0.717) is 24.3 Å². The van der Waals surface area contributed by atoms with Crippen LogP contribution in [0.5, 0.6) is 11.5 Å². The van der Waals surface area contributed by atoms with E-state index in [1.165, 1.54) is 12.0 Å². The lowest BCUT2D eigenvalue weighted by Crippen LogP contribution is -2.40. The SMILES string of the molecule is COc1cc(-c2cnc3cc(OCCN4CCOCC4)ccn23)cc2c1C(=O)N(CC(F)F)CC2. The standard InChI is InChI=1S/C25H28F2N4O4/c1-33-21-13-18(12-17-2-4-30(16-22(26)27)25(32)24(17)21)20-15-28-23-14-19(3-5-31(20)23)35-11-8-29-6-9-34-10-7-29/h3,5,12-15,22H,2,4,6-11,16H2,1H3. The summed E-state index contributed by atoms with van der Waals surface area (Å²) in [5, 5.41) is 0. The molecule has 0 bridgehead atoms. The predicted octanol–water partition coefficient (Wildman–Crippen LogP) is 2.98. The third-order valence-electron chi connectivity index (χ3n) is 6.47. The second-order valence-corrected chi connectivity index (χ2v) is 8.64. The van der Waals surface area contributed by atoms with Crippen molar-refractivity contribution in [1.82, 2.24) is 19.2 Å². The quantitative estimate of drug-likeness (QED) is 0.488. The highest BCUT2D eigenvalue weighted by Crippen LogP contribution is 2.34. The van der Waals surface area contributed by atoms with E-state index in [1.807, 2.05) is 28.8 Å². The van der Waals surface area contributed by atoms with Gasteiger partial charge in [0.15, 0.2) is 0 Å². The molecule has 0 radical (unpaired) electrons. The van der Waals surface area contributed by atoms with E-state index in [9.17, 15) is 13.6 Å². The van der Waals surface area contributed by atoms with Gasteiger partial charge in [-0.15, -0.1) is 0 Å². The highest BCUT2D eigenvalue weighted by Gasteiger charge is 2.30. The van der Waals surface area contributed by atoms with Gasteiger partial charge in [-0.1, -0.05) is 0 Å².